The minimum atomic E-state index is -1.14. The summed E-state index contributed by atoms with van der Waals surface area (Å²) in [5, 5.41) is 11.9. The molecule has 6 heteroatoms. The summed E-state index contributed by atoms with van der Waals surface area (Å²) >= 11 is 0. The highest BCUT2D eigenvalue weighted by Gasteiger charge is 2.17. The first-order chi connectivity index (χ1) is 12.1. The second kappa shape index (κ2) is 7.81. The van der Waals surface area contributed by atoms with Gasteiger partial charge in [0.1, 0.15) is 12.4 Å². The van der Waals surface area contributed by atoms with Crippen LogP contribution in [0.5, 0.6) is 5.75 Å². The molecule has 2 N–H and O–H groups in total. The van der Waals surface area contributed by atoms with Crippen LogP contribution in [0.2, 0.25) is 0 Å². The van der Waals surface area contributed by atoms with Crippen molar-refractivity contribution in [3.05, 3.63) is 59.7 Å². The number of rotatable bonds is 6. The molecule has 2 aromatic rings. The third-order valence-corrected chi connectivity index (χ3v) is 3.95. The monoisotopic (exact) mass is 341 g/mol. The molecule has 6 nitrogen and oxygen atoms in total. The molecule has 3 rings (SSSR count). The zero-order valence-electron chi connectivity index (χ0n) is 13.6. The normalized spacial score (nSPS) is 16.4. The number of hydrogen-bond donors (Lipinski definition) is 2. The van der Waals surface area contributed by atoms with Gasteiger partial charge in [0.2, 0.25) is 0 Å². The van der Waals surface area contributed by atoms with Gasteiger partial charge in [-0.25, -0.2) is 4.79 Å². The van der Waals surface area contributed by atoms with E-state index in [9.17, 15) is 14.7 Å². The van der Waals surface area contributed by atoms with Crippen molar-refractivity contribution in [1.29, 1.82) is 0 Å². The molecule has 25 heavy (non-hydrogen) atoms. The van der Waals surface area contributed by atoms with E-state index in [0.29, 0.717) is 18.0 Å². The number of aromatic carboxylic acids is 1. The minimum Gasteiger partial charge on any atom is -0.491 e. The average Bonchev–Trinajstić information content (AvgIpc) is 3.14. The van der Waals surface area contributed by atoms with Gasteiger partial charge >= 0.3 is 5.97 Å². The van der Waals surface area contributed by atoms with Crippen molar-refractivity contribution in [3.8, 4) is 5.75 Å². The van der Waals surface area contributed by atoms with E-state index in [0.717, 1.165) is 19.4 Å². The fourth-order valence-electron chi connectivity index (χ4n) is 2.69. The molecular weight excluding hydrogens is 322 g/mol. The molecule has 1 amide bonds. The summed E-state index contributed by atoms with van der Waals surface area (Å²) in [5.41, 5.74) is 0.612. The lowest BCUT2D eigenvalue weighted by Gasteiger charge is -2.13. The Morgan fingerprint density at radius 1 is 1.16 bits per heavy atom. The topological polar surface area (TPSA) is 84.9 Å². The number of nitrogens with one attached hydrogen (secondary N) is 1. The molecular formula is C19H19NO5. The first-order valence-corrected chi connectivity index (χ1v) is 8.11. The van der Waals surface area contributed by atoms with Crippen LogP contribution < -0.4 is 10.1 Å². The molecule has 0 aromatic heterocycles. The highest BCUT2D eigenvalue weighted by atomic mass is 16.5. The Morgan fingerprint density at radius 2 is 1.96 bits per heavy atom. The predicted molar refractivity (Wildman–Crippen MR) is 92.3 cm³/mol. The summed E-state index contributed by atoms with van der Waals surface area (Å²) in [6.45, 7) is 1.24. The van der Waals surface area contributed by atoms with Gasteiger partial charge in [0.05, 0.1) is 17.2 Å². The molecule has 1 atom stereocenters. The van der Waals surface area contributed by atoms with E-state index >= 15 is 0 Å². The van der Waals surface area contributed by atoms with Crippen LogP contribution in [-0.2, 0) is 4.74 Å². The molecule has 2 aromatic carbocycles. The second-order valence-corrected chi connectivity index (χ2v) is 5.78. The van der Waals surface area contributed by atoms with Gasteiger partial charge in [0.25, 0.3) is 5.91 Å². The van der Waals surface area contributed by atoms with Crippen LogP contribution in [0.25, 0.3) is 0 Å². The largest absolute Gasteiger partial charge is 0.491 e. The molecule has 1 aliphatic heterocycles. The lowest BCUT2D eigenvalue weighted by Crippen LogP contribution is -2.17. The van der Waals surface area contributed by atoms with Gasteiger partial charge in [-0.15, -0.1) is 0 Å². The summed E-state index contributed by atoms with van der Waals surface area (Å²) in [4.78, 5) is 23.6. The molecule has 0 unspecified atom stereocenters. The van der Waals surface area contributed by atoms with Gasteiger partial charge < -0.3 is 19.9 Å². The van der Waals surface area contributed by atoms with Crippen LogP contribution in [0.1, 0.15) is 33.6 Å². The highest BCUT2D eigenvalue weighted by Crippen LogP contribution is 2.21. The first-order valence-electron chi connectivity index (χ1n) is 8.11. The molecule has 0 saturated carbocycles. The SMILES string of the molecule is O=C(O)c1ccccc1C(=O)Nc1cccc(OC[C@H]2CCCO2)c1. The van der Waals surface area contributed by atoms with Crippen LogP contribution in [0.4, 0.5) is 5.69 Å². The summed E-state index contributed by atoms with van der Waals surface area (Å²) < 4.78 is 11.2. The summed E-state index contributed by atoms with van der Waals surface area (Å²) in [6.07, 6.45) is 2.15. The number of carboxylic acids is 1. The molecule has 0 bridgehead atoms. The van der Waals surface area contributed by atoms with Gasteiger partial charge in [0.15, 0.2) is 0 Å². The molecule has 1 heterocycles. The Bertz CT molecular complexity index is 768. The smallest absolute Gasteiger partial charge is 0.336 e. The number of carbonyl (C=O) groups is 2. The third kappa shape index (κ3) is 4.36. The Morgan fingerprint density at radius 3 is 2.68 bits per heavy atom. The third-order valence-electron chi connectivity index (χ3n) is 3.95. The number of benzene rings is 2. The molecule has 0 radical (unpaired) electrons. The predicted octanol–water partition coefficient (Wildman–Crippen LogP) is 3.19. The van der Waals surface area contributed by atoms with E-state index < -0.39 is 11.9 Å². The zero-order chi connectivity index (χ0) is 17.6. The van der Waals surface area contributed by atoms with E-state index in [1.54, 1.807) is 36.4 Å². The molecule has 0 aliphatic carbocycles. The van der Waals surface area contributed by atoms with Gasteiger partial charge in [-0.1, -0.05) is 18.2 Å². The number of ether oxygens (including phenoxy) is 2. The van der Waals surface area contributed by atoms with E-state index in [2.05, 4.69) is 5.32 Å². The summed E-state index contributed by atoms with van der Waals surface area (Å²) in [7, 11) is 0. The molecule has 1 saturated heterocycles. The first kappa shape index (κ1) is 17.0. The number of carbonyl (C=O) groups excluding carboxylic acids is 1. The molecule has 1 fully saturated rings. The second-order valence-electron chi connectivity index (χ2n) is 5.78. The lowest BCUT2D eigenvalue weighted by molar-refractivity contribution is 0.0679. The van der Waals surface area contributed by atoms with Gasteiger partial charge in [0, 0.05) is 18.4 Å². The Kier molecular flexibility index (Phi) is 5.30. The maximum absolute atomic E-state index is 12.4. The van der Waals surface area contributed by atoms with Gasteiger partial charge in [-0.3, -0.25) is 4.79 Å². The van der Waals surface area contributed by atoms with E-state index in [4.69, 9.17) is 9.47 Å². The van der Waals surface area contributed by atoms with Crippen molar-refractivity contribution >= 4 is 17.6 Å². The van der Waals surface area contributed by atoms with Crippen LogP contribution in [-0.4, -0.2) is 36.3 Å². The lowest BCUT2D eigenvalue weighted by atomic mass is 10.1. The Hall–Kier alpha value is -2.86. The van der Waals surface area contributed by atoms with E-state index in [1.165, 1.54) is 12.1 Å². The standard InChI is InChI=1S/C19H19NO5/c21-18(16-8-1-2-9-17(16)19(22)23)20-13-5-3-6-14(11-13)25-12-15-7-4-10-24-15/h1-3,5-6,8-9,11,15H,4,7,10,12H2,(H,20,21)(H,22,23)/t15-/m1/s1. The Balaban J connectivity index is 1.67. The number of amides is 1. The van der Waals surface area contributed by atoms with Crippen LogP contribution in [0.15, 0.2) is 48.5 Å². The van der Waals surface area contributed by atoms with Crippen LogP contribution in [0, 0.1) is 0 Å². The minimum absolute atomic E-state index is 0.0363. The quantitative estimate of drug-likeness (QED) is 0.843. The zero-order valence-corrected chi connectivity index (χ0v) is 13.6. The number of hydrogen-bond acceptors (Lipinski definition) is 4. The molecule has 0 spiro atoms. The summed E-state index contributed by atoms with van der Waals surface area (Å²) in [5.74, 6) is -0.992. The van der Waals surface area contributed by atoms with E-state index in [-0.39, 0.29) is 17.2 Å². The van der Waals surface area contributed by atoms with Crippen molar-refractivity contribution < 1.29 is 24.2 Å². The van der Waals surface area contributed by atoms with Gasteiger partial charge in [-0.05, 0) is 37.1 Å². The number of carboxylic acid groups (broad SMARTS) is 1. The highest BCUT2D eigenvalue weighted by molar-refractivity contribution is 6.10. The fraction of sp³-hybridized carbons (Fsp3) is 0.263. The van der Waals surface area contributed by atoms with Crippen molar-refractivity contribution in [2.45, 2.75) is 18.9 Å². The fourth-order valence-corrected chi connectivity index (χ4v) is 2.69. The van der Waals surface area contributed by atoms with Crippen molar-refractivity contribution in [1.82, 2.24) is 0 Å². The van der Waals surface area contributed by atoms with Crippen LogP contribution in [0.3, 0.4) is 0 Å². The number of anilines is 1. The summed E-state index contributed by atoms with van der Waals surface area (Å²) in [6, 6.07) is 13.1. The van der Waals surface area contributed by atoms with Crippen LogP contribution >= 0.6 is 0 Å². The van der Waals surface area contributed by atoms with Crippen molar-refractivity contribution in [3.63, 3.8) is 0 Å². The maximum atomic E-state index is 12.4. The maximum Gasteiger partial charge on any atom is 0.336 e. The van der Waals surface area contributed by atoms with Crippen molar-refractivity contribution in [2.24, 2.45) is 0 Å². The van der Waals surface area contributed by atoms with Crippen molar-refractivity contribution in [2.75, 3.05) is 18.5 Å². The van der Waals surface area contributed by atoms with E-state index in [1.807, 2.05) is 0 Å². The van der Waals surface area contributed by atoms with Gasteiger partial charge in [-0.2, -0.15) is 0 Å². The Labute approximate surface area is 145 Å². The molecule has 1 aliphatic rings. The average molecular weight is 341 g/mol. The molecule has 130 valence electrons.